The van der Waals surface area contributed by atoms with Crippen LogP contribution in [0.3, 0.4) is 0 Å². The summed E-state index contributed by atoms with van der Waals surface area (Å²) in [5.41, 5.74) is 11.0. The molecule has 1 aromatic rings. The van der Waals surface area contributed by atoms with Crippen LogP contribution in [0, 0.1) is 19.3 Å². The molecule has 0 aliphatic heterocycles. The summed E-state index contributed by atoms with van der Waals surface area (Å²) >= 11 is 0. The quantitative estimate of drug-likeness (QED) is 0.441. The molecule has 0 spiro atoms. The molecule has 1 rings (SSSR count). The number of carbonyl (C=O) groups is 1. The average Bonchev–Trinajstić information content (AvgIpc) is 2.25. The maximum Gasteiger partial charge on any atom is 0.280 e. The lowest BCUT2D eigenvalue weighted by Gasteiger charge is -2.08. The highest BCUT2D eigenvalue weighted by Crippen LogP contribution is 2.21. The maximum atomic E-state index is 11.8. The molecule has 0 unspecified atom stereocenters. The highest BCUT2D eigenvalue weighted by Gasteiger charge is 2.18. The molecule has 1 amide bonds. The Morgan fingerprint density at radius 2 is 1.95 bits per heavy atom. The third-order valence-corrected chi connectivity index (χ3v) is 3.48. The molecule has 0 aromatic heterocycles. The van der Waals surface area contributed by atoms with Crippen LogP contribution in [-0.2, 0) is 9.84 Å². The molecular formula is C12H13N3O3S. The summed E-state index contributed by atoms with van der Waals surface area (Å²) in [4.78, 5) is 15.0. The zero-order valence-electron chi connectivity index (χ0n) is 10.5. The Morgan fingerprint density at radius 1 is 1.37 bits per heavy atom. The van der Waals surface area contributed by atoms with Crippen LogP contribution < -0.4 is 11.5 Å². The van der Waals surface area contributed by atoms with E-state index in [1.165, 1.54) is 12.1 Å². The van der Waals surface area contributed by atoms with Crippen molar-refractivity contribution in [1.29, 1.82) is 0 Å². The number of terminal acetylenes is 1. The summed E-state index contributed by atoms with van der Waals surface area (Å²) in [6.45, 7) is 1.61. The molecule has 0 saturated heterocycles. The van der Waals surface area contributed by atoms with Gasteiger partial charge in [0.15, 0.2) is 15.8 Å². The van der Waals surface area contributed by atoms with E-state index in [9.17, 15) is 13.2 Å². The number of nitrogens with two attached hydrogens (primary N) is 2. The number of rotatable bonds is 2. The summed E-state index contributed by atoms with van der Waals surface area (Å²) in [5, 5.41) is 0. The zero-order chi connectivity index (χ0) is 14.8. The molecule has 7 heteroatoms. The lowest BCUT2D eigenvalue weighted by molar-refractivity contribution is 0.100. The second-order valence-corrected chi connectivity index (χ2v) is 5.91. The van der Waals surface area contributed by atoms with Gasteiger partial charge in [-0.3, -0.25) is 4.79 Å². The molecule has 0 radical (unpaired) electrons. The van der Waals surface area contributed by atoms with Crippen molar-refractivity contribution in [3.05, 3.63) is 28.8 Å². The number of hydrogen-bond donors (Lipinski definition) is 2. The van der Waals surface area contributed by atoms with Gasteiger partial charge in [0.2, 0.25) is 0 Å². The second kappa shape index (κ2) is 5.12. The zero-order valence-corrected chi connectivity index (χ0v) is 11.3. The molecule has 0 aliphatic carbocycles. The normalized spacial score (nSPS) is 10.6. The Hall–Kier alpha value is -2.33. The molecule has 19 heavy (non-hydrogen) atoms. The van der Waals surface area contributed by atoms with Crippen molar-refractivity contribution in [2.24, 2.45) is 16.5 Å². The minimum Gasteiger partial charge on any atom is -0.370 e. The van der Waals surface area contributed by atoms with Gasteiger partial charge in [-0.15, -0.1) is 6.42 Å². The van der Waals surface area contributed by atoms with Gasteiger partial charge >= 0.3 is 0 Å². The molecule has 0 heterocycles. The summed E-state index contributed by atoms with van der Waals surface area (Å²) in [5.74, 6) is 1.16. The van der Waals surface area contributed by atoms with Crippen LogP contribution in [0.15, 0.2) is 22.0 Å². The molecule has 1 aromatic carbocycles. The smallest absolute Gasteiger partial charge is 0.280 e. The molecule has 0 atom stereocenters. The monoisotopic (exact) mass is 279 g/mol. The van der Waals surface area contributed by atoms with E-state index < -0.39 is 21.7 Å². The molecule has 0 fully saturated rings. The van der Waals surface area contributed by atoms with Crippen molar-refractivity contribution >= 4 is 21.7 Å². The largest absolute Gasteiger partial charge is 0.370 e. The molecule has 100 valence electrons. The SMILES string of the molecule is C#Cc1cc(C)c(C(=O)N=C(N)N)cc1S(C)(=O)=O. The van der Waals surface area contributed by atoms with Crippen molar-refractivity contribution in [2.45, 2.75) is 11.8 Å². The number of amides is 1. The molecule has 6 nitrogen and oxygen atoms in total. The first-order valence-corrected chi connectivity index (χ1v) is 7.01. The fraction of sp³-hybridized carbons (Fsp3) is 0.167. The van der Waals surface area contributed by atoms with E-state index in [-0.39, 0.29) is 16.0 Å². The minimum absolute atomic E-state index is 0.0906. The molecule has 0 aliphatic rings. The van der Waals surface area contributed by atoms with E-state index in [2.05, 4.69) is 10.9 Å². The third-order valence-electron chi connectivity index (χ3n) is 2.34. The van der Waals surface area contributed by atoms with Crippen LogP contribution in [0.1, 0.15) is 21.5 Å². The van der Waals surface area contributed by atoms with Crippen LogP contribution in [0.2, 0.25) is 0 Å². The molecule has 0 saturated carbocycles. The van der Waals surface area contributed by atoms with E-state index in [0.29, 0.717) is 5.56 Å². The Morgan fingerprint density at radius 3 is 2.37 bits per heavy atom. The van der Waals surface area contributed by atoms with Gasteiger partial charge in [-0.2, -0.15) is 4.99 Å². The van der Waals surface area contributed by atoms with E-state index in [4.69, 9.17) is 17.9 Å². The van der Waals surface area contributed by atoms with E-state index in [1.807, 2.05) is 0 Å². The van der Waals surface area contributed by atoms with Crippen LogP contribution >= 0.6 is 0 Å². The van der Waals surface area contributed by atoms with Crippen molar-refractivity contribution in [1.82, 2.24) is 0 Å². The number of carbonyl (C=O) groups excluding carboxylic acids is 1. The fourth-order valence-electron chi connectivity index (χ4n) is 1.52. The van der Waals surface area contributed by atoms with Gasteiger partial charge in [0.25, 0.3) is 5.91 Å². The first-order valence-electron chi connectivity index (χ1n) is 5.12. The van der Waals surface area contributed by atoms with Crippen LogP contribution in [-0.4, -0.2) is 26.5 Å². The highest BCUT2D eigenvalue weighted by molar-refractivity contribution is 7.90. The summed E-state index contributed by atoms with van der Waals surface area (Å²) < 4.78 is 23.3. The standard InChI is InChI=1S/C12H13N3O3S/c1-4-8-5-7(2)9(11(16)15-12(13)14)6-10(8)19(3,17)18/h1,5-6H,2-3H3,(H4,13,14,15,16). The minimum atomic E-state index is -3.55. The highest BCUT2D eigenvalue weighted by atomic mass is 32.2. The molecule has 0 bridgehead atoms. The van der Waals surface area contributed by atoms with Gasteiger partial charge in [0.1, 0.15) is 0 Å². The maximum absolute atomic E-state index is 11.8. The van der Waals surface area contributed by atoms with Crippen LogP contribution in [0.5, 0.6) is 0 Å². The van der Waals surface area contributed by atoms with Crippen molar-refractivity contribution in [3.63, 3.8) is 0 Å². The number of nitrogens with zero attached hydrogens (tertiary/aromatic N) is 1. The van der Waals surface area contributed by atoms with Crippen molar-refractivity contribution < 1.29 is 13.2 Å². The predicted molar refractivity (Wildman–Crippen MR) is 72.4 cm³/mol. The number of aryl methyl sites for hydroxylation is 1. The van der Waals surface area contributed by atoms with E-state index in [0.717, 1.165) is 6.26 Å². The summed E-state index contributed by atoms with van der Waals surface area (Å²) in [7, 11) is -3.55. The van der Waals surface area contributed by atoms with Gasteiger partial charge in [-0.25, -0.2) is 8.42 Å². The molecule has 4 N–H and O–H groups in total. The number of benzene rings is 1. The Kier molecular flexibility index (Phi) is 3.97. The summed E-state index contributed by atoms with van der Waals surface area (Å²) in [6.07, 6.45) is 6.26. The number of hydrogen-bond acceptors (Lipinski definition) is 3. The number of aliphatic imine (C=N–C) groups is 1. The van der Waals surface area contributed by atoms with Crippen molar-refractivity contribution in [3.8, 4) is 12.3 Å². The Labute approximate surface area is 111 Å². The fourth-order valence-corrected chi connectivity index (χ4v) is 2.36. The first-order chi connectivity index (χ1) is 8.66. The third kappa shape index (κ3) is 3.33. The number of guanidine groups is 1. The Bertz CT molecular complexity index is 708. The lowest BCUT2D eigenvalue weighted by Crippen LogP contribution is -2.24. The Balaban J connectivity index is 3.59. The number of sulfone groups is 1. The second-order valence-electron chi connectivity index (χ2n) is 3.92. The topological polar surface area (TPSA) is 116 Å². The predicted octanol–water partition coefficient (Wildman–Crippen LogP) is -0.207. The van der Waals surface area contributed by atoms with Gasteiger partial charge in [0, 0.05) is 17.4 Å². The van der Waals surface area contributed by atoms with Gasteiger partial charge in [-0.1, -0.05) is 5.92 Å². The summed E-state index contributed by atoms with van der Waals surface area (Å²) in [6, 6.07) is 2.63. The first kappa shape index (κ1) is 14.7. The van der Waals surface area contributed by atoms with E-state index in [1.54, 1.807) is 6.92 Å². The van der Waals surface area contributed by atoms with Gasteiger partial charge in [-0.05, 0) is 24.6 Å². The van der Waals surface area contributed by atoms with Gasteiger partial charge in [0.05, 0.1) is 4.90 Å². The van der Waals surface area contributed by atoms with Crippen molar-refractivity contribution in [2.75, 3.05) is 6.26 Å². The average molecular weight is 279 g/mol. The molecular weight excluding hydrogens is 266 g/mol. The van der Waals surface area contributed by atoms with Crippen LogP contribution in [0.25, 0.3) is 0 Å². The van der Waals surface area contributed by atoms with Gasteiger partial charge < -0.3 is 11.5 Å². The lowest BCUT2D eigenvalue weighted by atomic mass is 10.0. The van der Waals surface area contributed by atoms with E-state index >= 15 is 0 Å². The van der Waals surface area contributed by atoms with Crippen LogP contribution in [0.4, 0.5) is 0 Å².